The molecule has 7 atom stereocenters. The van der Waals surface area contributed by atoms with E-state index in [0.29, 0.717) is 19.1 Å². The van der Waals surface area contributed by atoms with E-state index >= 15 is 0 Å². The maximum atomic E-state index is 12.2. The highest BCUT2D eigenvalue weighted by atomic mass is 16.6. The third-order valence-corrected chi connectivity index (χ3v) is 6.10. The molecule has 0 heterocycles. The van der Waals surface area contributed by atoms with Crippen LogP contribution in [0.3, 0.4) is 0 Å². The first-order valence-corrected chi connectivity index (χ1v) is 7.63. The molecule has 0 aromatic heterocycles. The summed E-state index contributed by atoms with van der Waals surface area (Å²) in [5.41, 5.74) is 0. The van der Waals surface area contributed by atoms with Gasteiger partial charge in [0.05, 0.1) is 12.5 Å². The zero-order chi connectivity index (χ0) is 13.0. The van der Waals surface area contributed by atoms with Crippen LogP contribution in [-0.2, 0) is 14.3 Å². The second kappa shape index (κ2) is 4.34. The summed E-state index contributed by atoms with van der Waals surface area (Å²) in [5.74, 6) is 4.87. The maximum Gasteiger partial charge on any atom is 0.309 e. The number of fused-ring (bicyclic) bond motifs is 9. The van der Waals surface area contributed by atoms with Crippen molar-refractivity contribution in [1.29, 1.82) is 0 Å². The molecule has 19 heavy (non-hydrogen) atoms. The quantitative estimate of drug-likeness (QED) is 0.337. The van der Waals surface area contributed by atoms with Crippen molar-refractivity contribution in [3.8, 4) is 0 Å². The van der Waals surface area contributed by atoms with Crippen LogP contribution in [0.15, 0.2) is 12.2 Å². The monoisotopic (exact) mass is 262 g/mol. The highest BCUT2D eigenvalue weighted by Gasteiger charge is 2.62. The lowest BCUT2D eigenvalue weighted by atomic mass is 9.69. The van der Waals surface area contributed by atoms with Crippen LogP contribution < -0.4 is 0 Å². The van der Waals surface area contributed by atoms with Crippen LogP contribution in [-0.4, -0.2) is 26.3 Å². The van der Waals surface area contributed by atoms with Gasteiger partial charge in [0.1, 0.15) is 6.61 Å². The van der Waals surface area contributed by atoms with Gasteiger partial charge in [-0.3, -0.25) is 4.79 Å². The van der Waals surface area contributed by atoms with E-state index in [-0.39, 0.29) is 11.9 Å². The van der Waals surface area contributed by atoms with Crippen molar-refractivity contribution in [2.24, 2.45) is 41.4 Å². The van der Waals surface area contributed by atoms with Crippen LogP contribution in [0.5, 0.6) is 0 Å². The molecule has 0 N–H and O–H groups in total. The number of carbonyl (C=O) groups excluding carboxylic acids is 1. The molecule has 4 aliphatic carbocycles. The predicted molar refractivity (Wildman–Crippen MR) is 70.3 cm³/mol. The largest absolute Gasteiger partial charge is 0.463 e. The molecule has 4 aliphatic rings. The fraction of sp³-hybridized carbons (Fsp3) is 0.812. The van der Waals surface area contributed by atoms with Gasteiger partial charge in [-0.1, -0.05) is 12.2 Å². The summed E-state index contributed by atoms with van der Waals surface area (Å²) in [7, 11) is 1.64. The fourth-order valence-corrected chi connectivity index (χ4v) is 5.62. The summed E-state index contributed by atoms with van der Waals surface area (Å²) in [4.78, 5) is 12.2. The topological polar surface area (TPSA) is 35.5 Å². The molecule has 4 rings (SSSR count). The first-order valence-electron chi connectivity index (χ1n) is 7.63. The maximum absolute atomic E-state index is 12.2. The number of hydrogen-bond donors (Lipinski definition) is 0. The van der Waals surface area contributed by atoms with E-state index in [1.807, 2.05) is 0 Å². The molecule has 3 heteroatoms. The lowest BCUT2D eigenvalue weighted by molar-refractivity contribution is -0.153. The molecule has 0 aromatic carbocycles. The minimum atomic E-state index is 0.0368. The molecule has 3 nitrogen and oxygen atoms in total. The van der Waals surface area contributed by atoms with Gasteiger partial charge < -0.3 is 9.47 Å². The lowest BCUT2D eigenvalue weighted by Crippen LogP contribution is -2.35. The molecular weight excluding hydrogens is 240 g/mol. The van der Waals surface area contributed by atoms with Gasteiger partial charge in [-0.2, -0.15) is 0 Å². The van der Waals surface area contributed by atoms with E-state index in [1.165, 1.54) is 12.8 Å². The second-order valence-electron chi connectivity index (χ2n) is 6.77. The Bertz CT molecular complexity index is 416. The normalized spacial score (nSPS) is 48.8. The van der Waals surface area contributed by atoms with Crippen molar-refractivity contribution < 1.29 is 14.3 Å². The SMILES string of the molecule is COCCOC(=O)C1CC2CC1C1C3C=CC(C3)C21. The molecule has 0 amide bonds. The minimum absolute atomic E-state index is 0.0368. The van der Waals surface area contributed by atoms with Gasteiger partial charge in [-0.15, -0.1) is 0 Å². The highest BCUT2D eigenvalue weighted by molar-refractivity contribution is 5.73. The molecule has 104 valence electrons. The first kappa shape index (κ1) is 12.0. The smallest absolute Gasteiger partial charge is 0.309 e. The molecule has 0 aromatic rings. The number of hydrogen-bond acceptors (Lipinski definition) is 3. The van der Waals surface area contributed by atoms with Crippen molar-refractivity contribution in [2.45, 2.75) is 19.3 Å². The van der Waals surface area contributed by atoms with E-state index < -0.39 is 0 Å². The van der Waals surface area contributed by atoms with Gasteiger partial charge in [0.2, 0.25) is 0 Å². The Morgan fingerprint density at radius 3 is 2.68 bits per heavy atom. The molecule has 3 saturated carbocycles. The number of carbonyl (C=O) groups is 1. The Balaban J connectivity index is 1.45. The van der Waals surface area contributed by atoms with Crippen molar-refractivity contribution in [1.82, 2.24) is 0 Å². The Hall–Kier alpha value is -0.830. The predicted octanol–water partition coefficient (Wildman–Crippen LogP) is 2.27. The number of allylic oxidation sites excluding steroid dienone is 2. The molecule has 0 aliphatic heterocycles. The van der Waals surface area contributed by atoms with Gasteiger partial charge in [-0.25, -0.2) is 0 Å². The van der Waals surface area contributed by atoms with Crippen molar-refractivity contribution in [2.75, 3.05) is 20.3 Å². The summed E-state index contributed by atoms with van der Waals surface area (Å²) < 4.78 is 10.3. The summed E-state index contributed by atoms with van der Waals surface area (Å²) in [6, 6.07) is 0. The average molecular weight is 262 g/mol. The van der Waals surface area contributed by atoms with Gasteiger partial charge in [0.25, 0.3) is 0 Å². The molecule has 3 fully saturated rings. The van der Waals surface area contributed by atoms with E-state index in [1.54, 1.807) is 7.11 Å². The average Bonchev–Trinajstić information content (AvgIpc) is 3.16. The third kappa shape index (κ3) is 1.63. The number of esters is 1. The van der Waals surface area contributed by atoms with E-state index in [4.69, 9.17) is 9.47 Å². The summed E-state index contributed by atoms with van der Waals surface area (Å²) in [6.45, 7) is 0.912. The van der Waals surface area contributed by atoms with Crippen molar-refractivity contribution >= 4 is 5.97 Å². The molecule has 0 radical (unpaired) electrons. The Kier molecular flexibility index (Phi) is 2.73. The van der Waals surface area contributed by atoms with Gasteiger partial charge in [-0.05, 0) is 54.8 Å². The van der Waals surface area contributed by atoms with E-state index in [2.05, 4.69) is 12.2 Å². The highest BCUT2D eigenvalue weighted by Crippen LogP contribution is 2.67. The summed E-state index contributed by atoms with van der Waals surface area (Å²) in [5, 5.41) is 0. The Labute approximate surface area is 114 Å². The number of ether oxygens (including phenoxy) is 2. The van der Waals surface area contributed by atoms with Crippen LogP contribution in [0.2, 0.25) is 0 Å². The van der Waals surface area contributed by atoms with Gasteiger partial charge >= 0.3 is 5.97 Å². The molecule has 7 unspecified atom stereocenters. The van der Waals surface area contributed by atoms with Crippen LogP contribution in [0.25, 0.3) is 0 Å². The third-order valence-electron chi connectivity index (χ3n) is 6.10. The van der Waals surface area contributed by atoms with Gasteiger partial charge in [0.15, 0.2) is 0 Å². The van der Waals surface area contributed by atoms with Crippen LogP contribution in [0.4, 0.5) is 0 Å². The Morgan fingerprint density at radius 2 is 1.89 bits per heavy atom. The number of methoxy groups -OCH3 is 1. The van der Waals surface area contributed by atoms with Crippen molar-refractivity contribution in [3.05, 3.63) is 12.2 Å². The number of rotatable bonds is 4. The Morgan fingerprint density at radius 1 is 1.11 bits per heavy atom. The first-order chi connectivity index (χ1) is 9.29. The second-order valence-corrected chi connectivity index (χ2v) is 6.77. The van der Waals surface area contributed by atoms with Crippen LogP contribution in [0.1, 0.15) is 19.3 Å². The molecule has 0 spiro atoms. The zero-order valence-electron chi connectivity index (χ0n) is 11.5. The van der Waals surface area contributed by atoms with E-state index in [0.717, 1.165) is 36.0 Å². The van der Waals surface area contributed by atoms with Crippen molar-refractivity contribution in [3.63, 3.8) is 0 Å². The molecule has 4 bridgehead atoms. The standard InChI is InChI=1S/C16H22O3/c1-18-4-5-19-16(17)13-8-11-7-12(13)15-10-3-2-9(6-10)14(11)15/h2-3,9-15H,4-8H2,1H3. The van der Waals surface area contributed by atoms with Crippen LogP contribution in [0, 0.1) is 41.4 Å². The van der Waals surface area contributed by atoms with E-state index in [9.17, 15) is 4.79 Å². The molecular formula is C16H22O3. The zero-order valence-corrected chi connectivity index (χ0v) is 11.5. The molecule has 0 saturated heterocycles. The van der Waals surface area contributed by atoms with Gasteiger partial charge in [0, 0.05) is 7.11 Å². The lowest BCUT2D eigenvalue weighted by Gasteiger charge is -2.35. The fourth-order valence-electron chi connectivity index (χ4n) is 5.62. The summed E-state index contributed by atoms with van der Waals surface area (Å²) in [6.07, 6.45) is 8.56. The summed E-state index contributed by atoms with van der Waals surface area (Å²) >= 11 is 0. The minimum Gasteiger partial charge on any atom is -0.463 e. The van der Waals surface area contributed by atoms with Crippen LogP contribution >= 0.6 is 0 Å².